The summed E-state index contributed by atoms with van der Waals surface area (Å²) in [6.07, 6.45) is 5.58. The van der Waals surface area contributed by atoms with E-state index in [2.05, 4.69) is 31.6 Å². The molecule has 0 spiro atoms. The molecule has 6 amide bonds. The van der Waals surface area contributed by atoms with Gasteiger partial charge in [-0.05, 0) is 86.1 Å². The lowest BCUT2D eigenvalue weighted by Gasteiger charge is -2.35. The summed E-state index contributed by atoms with van der Waals surface area (Å²) < 4.78 is 6.28. The van der Waals surface area contributed by atoms with Crippen molar-refractivity contribution in [2.24, 2.45) is 5.41 Å². The van der Waals surface area contributed by atoms with Crippen LogP contribution >= 0.6 is 11.3 Å². The SMILES string of the molecule is CC(=O)NC(C(=O)N1CC(O)CC1C(=O)NCc1ccc(-c2scnc2C)cc1OCCCCNC(=O)CCCCCCCC(=O)Nc1ccc(C(=O)Nc2ccccc2N)cc1)C(C)(C)C. The van der Waals surface area contributed by atoms with Gasteiger partial charge in [0.25, 0.3) is 5.91 Å². The first-order valence-electron chi connectivity index (χ1n) is 23.0. The molecule has 8 N–H and O–H groups in total. The number of hydrogen-bond acceptors (Lipinski definition) is 11. The van der Waals surface area contributed by atoms with Crippen LogP contribution in [0, 0.1) is 12.3 Å². The highest BCUT2D eigenvalue weighted by molar-refractivity contribution is 7.13. The zero-order chi connectivity index (χ0) is 48.5. The van der Waals surface area contributed by atoms with Crippen LogP contribution in [0.25, 0.3) is 10.4 Å². The molecule has 1 aromatic heterocycles. The van der Waals surface area contributed by atoms with Crippen molar-refractivity contribution < 1.29 is 38.6 Å². The summed E-state index contributed by atoms with van der Waals surface area (Å²) in [6.45, 7) is 9.79. The zero-order valence-corrected chi connectivity index (χ0v) is 40.1. The van der Waals surface area contributed by atoms with Gasteiger partial charge in [0.15, 0.2) is 0 Å². The highest BCUT2D eigenvalue weighted by Gasteiger charge is 2.44. The molecule has 0 bridgehead atoms. The number of hydrogen-bond donors (Lipinski definition) is 7. The molecule has 67 heavy (non-hydrogen) atoms. The average molecular weight is 939 g/mol. The summed E-state index contributed by atoms with van der Waals surface area (Å²) in [5.41, 5.74) is 11.7. The van der Waals surface area contributed by atoms with E-state index in [1.807, 2.05) is 45.9 Å². The van der Waals surface area contributed by atoms with Gasteiger partial charge in [0.2, 0.25) is 29.5 Å². The fourth-order valence-electron chi connectivity index (χ4n) is 7.74. The lowest BCUT2D eigenvalue weighted by molar-refractivity contribution is -0.143. The zero-order valence-electron chi connectivity index (χ0n) is 39.2. The number of unbranched alkanes of at least 4 members (excludes halogenated alkanes) is 5. The van der Waals surface area contributed by atoms with Crippen molar-refractivity contribution in [3.63, 3.8) is 0 Å². The number of carbonyl (C=O) groups is 6. The van der Waals surface area contributed by atoms with Gasteiger partial charge in [-0.3, -0.25) is 28.8 Å². The Kier molecular flexibility index (Phi) is 19.3. The van der Waals surface area contributed by atoms with Crippen LogP contribution in [0.2, 0.25) is 0 Å². The predicted octanol–water partition coefficient (Wildman–Crippen LogP) is 6.73. The number of nitrogens with one attached hydrogen (secondary N) is 5. The van der Waals surface area contributed by atoms with Crippen molar-refractivity contribution in [3.8, 4) is 16.2 Å². The van der Waals surface area contributed by atoms with Gasteiger partial charge in [-0.25, -0.2) is 4.98 Å². The van der Waals surface area contributed by atoms with Crippen molar-refractivity contribution in [3.05, 3.63) is 89.1 Å². The average Bonchev–Trinajstić information content (AvgIpc) is 3.91. The third-order valence-electron chi connectivity index (χ3n) is 11.5. The van der Waals surface area contributed by atoms with Crippen molar-refractivity contribution in [1.29, 1.82) is 0 Å². The molecule has 2 heterocycles. The van der Waals surface area contributed by atoms with Gasteiger partial charge in [0.1, 0.15) is 17.8 Å². The number of amides is 6. The highest BCUT2D eigenvalue weighted by Crippen LogP contribution is 2.33. The van der Waals surface area contributed by atoms with E-state index in [0.717, 1.165) is 53.8 Å². The Morgan fingerprint density at radius 2 is 1.58 bits per heavy atom. The minimum absolute atomic E-state index is 0.00209. The Bertz CT molecular complexity index is 2330. The van der Waals surface area contributed by atoms with Crippen LogP contribution in [-0.4, -0.2) is 88.3 Å². The summed E-state index contributed by atoms with van der Waals surface area (Å²) in [5.74, 6) is -0.985. The van der Waals surface area contributed by atoms with Crippen LogP contribution < -0.4 is 37.1 Å². The lowest BCUT2D eigenvalue weighted by Crippen LogP contribution is -2.57. The molecule has 3 aromatic carbocycles. The first kappa shape index (κ1) is 51.7. The molecule has 4 aromatic rings. The van der Waals surface area contributed by atoms with Gasteiger partial charge < -0.3 is 47.1 Å². The fourth-order valence-corrected chi connectivity index (χ4v) is 8.54. The number of aryl methyl sites for hydroxylation is 1. The number of benzene rings is 3. The van der Waals surface area contributed by atoms with E-state index in [0.29, 0.717) is 67.2 Å². The fraction of sp³-hybridized carbons (Fsp3) is 0.460. The van der Waals surface area contributed by atoms with E-state index in [-0.39, 0.29) is 43.1 Å². The second-order valence-corrected chi connectivity index (χ2v) is 18.9. The van der Waals surface area contributed by atoms with Crippen molar-refractivity contribution in [1.82, 2.24) is 25.8 Å². The Morgan fingerprint density at radius 3 is 2.25 bits per heavy atom. The Morgan fingerprint density at radius 1 is 0.881 bits per heavy atom. The molecule has 0 radical (unpaired) electrons. The number of para-hydroxylation sites is 2. The molecule has 5 rings (SSSR count). The number of carbonyl (C=O) groups excluding carboxylic acids is 6. The second-order valence-electron chi connectivity index (χ2n) is 18.0. The Balaban J connectivity index is 0.983. The van der Waals surface area contributed by atoms with Crippen LogP contribution in [0.15, 0.2) is 72.2 Å². The second kappa shape index (κ2) is 25.0. The smallest absolute Gasteiger partial charge is 0.255 e. The van der Waals surface area contributed by atoms with Gasteiger partial charge in [-0.15, -0.1) is 11.3 Å². The van der Waals surface area contributed by atoms with Crippen molar-refractivity contribution in [2.45, 2.75) is 124 Å². The van der Waals surface area contributed by atoms with Crippen LogP contribution in [0.1, 0.15) is 114 Å². The van der Waals surface area contributed by atoms with E-state index < -0.39 is 35.4 Å². The number of aromatic nitrogens is 1. The molecule has 1 aliphatic rings. The van der Waals surface area contributed by atoms with E-state index in [1.54, 1.807) is 54.0 Å². The van der Waals surface area contributed by atoms with Crippen LogP contribution in [-0.2, 0) is 30.5 Å². The maximum absolute atomic E-state index is 13.7. The molecule has 17 heteroatoms. The van der Waals surface area contributed by atoms with Gasteiger partial charge in [0, 0.05) is 62.6 Å². The third kappa shape index (κ3) is 15.9. The number of ether oxygens (including phenoxy) is 1. The molecule has 3 atom stereocenters. The quantitative estimate of drug-likeness (QED) is 0.0306. The number of nitrogens with zero attached hydrogens (tertiary/aromatic N) is 2. The first-order chi connectivity index (χ1) is 32.0. The third-order valence-corrected chi connectivity index (χ3v) is 12.4. The first-order valence-corrected chi connectivity index (χ1v) is 23.9. The molecule has 1 fully saturated rings. The van der Waals surface area contributed by atoms with Gasteiger partial charge in [0.05, 0.1) is 40.2 Å². The molecule has 360 valence electrons. The van der Waals surface area contributed by atoms with Crippen molar-refractivity contribution in [2.75, 3.05) is 36.1 Å². The number of aliphatic hydroxyl groups is 1. The number of β-amino-alcohol motifs (C(OH)–C–C–N with tert-alkyl or cyclic N) is 1. The summed E-state index contributed by atoms with van der Waals surface area (Å²) in [4.78, 5) is 83.6. The molecular formula is C50H66N8O8S. The molecule has 0 aliphatic carbocycles. The highest BCUT2D eigenvalue weighted by atomic mass is 32.1. The summed E-state index contributed by atoms with van der Waals surface area (Å²) >= 11 is 1.52. The van der Waals surface area contributed by atoms with E-state index >= 15 is 0 Å². The number of thiazole rings is 1. The largest absolute Gasteiger partial charge is 0.493 e. The number of likely N-dealkylation sites (tertiary alicyclic amines) is 1. The number of aliphatic hydroxyl groups excluding tert-OH is 1. The van der Waals surface area contributed by atoms with Crippen molar-refractivity contribution >= 4 is 63.8 Å². The minimum atomic E-state index is -0.909. The molecular weight excluding hydrogens is 873 g/mol. The maximum atomic E-state index is 13.7. The van der Waals surface area contributed by atoms with E-state index in [9.17, 15) is 33.9 Å². The summed E-state index contributed by atoms with van der Waals surface area (Å²) in [5, 5.41) is 24.9. The van der Waals surface area contributed by atoms with E-state index in [4.69, 9.17) is 10.5 Å². The van der Waals surface area contributed by atoms with Gasteiger partial charge >= 0.3 is 0 Å². The summed E-state index contributed by atoms with van der Waals surface area (Å²) in [6, 6.07) is 17.7. The normalized spacial score (nSPS) is 15.0. The van der Waals surface area contributed by atoms with Crippen LogP contribution in [0.3, 0.4) is 0 Å². The van der Waals surface area contributed by atoms with Crippen LogP contribution in [0.4, 0.5) is 17.1 Å². The maximum Gasteiger partial charge on any atom is 0.255 e. The molecule has 1 aliphatic heterocycles. The number of rotatable bonds is 23. The molecule has 1 saturated heterocycles. The lowest BCUT2D eigenvalue weighted by atomic mass is 9.85. The number of anilines is 3. The molecule has 16 nitrogen and oxygen atoms in total. The van der Waals surface area contributed by atoms with Gasteiger partial charge in [-0.2, -0.15) is 0 Å². The predicted molar refractivity (Wildman–Crippen MR) is 261 cm³/mol. The van der Waals surface area contributed by atoms with Crippen LogP contribution in [0.5, 0.6) is 5.75 Å². The minimum Gasteiger partial charge on any atom is -0.493 e. The molecule has 3 unspecified atom stereocenters. The monoisotopic (exact) mass is 938 g/mol. The number of nitrogens with two attached hydrogens (primary N) is 1. The topological polar surface area (TPSA) is 234 Å². The number of nitrogen functional groups attached to an aromatic ring is 1. The molecule has 0 saturated carbocycles. The standard InChI is InChI=1S/C50H66N8O8S/c1-32-45(67-31-54-32)35-19-20-36(29-53-48(64)41-28-38(60)30-58(41)49(65)46(50(3,4)5)55-33(2)59)42(27-35)66-26-14-13-25-52-43(61)17-9-7-6-8-10-18-44(62)56-37-23-21-34(22-24-37)47(63)57-40-16-12-11-15-39(40)51/h11-12,15-16,19-24,27,31,38,41,46,60H,6-10,13-14,17-18,25-26,28-30,51H2,1-5H3,(H,52,61)(H,53,64)(H,55,59)(H,56,62)(H,57,63). The summed E-state index contributed by atoms with van der Waals surface area (Å²) in [7, 11) is 0. The Labute approximate surface area is 397 Å². The Hall–Kier alpha value is -6.33. The van der Waals surface area contributed by atoms with E-state index in [1.165, 1.54) is 23.2 Å². The van der Waals surface area contributed by atoms with Gasteiger partial charge in [-0.1, -0.05) is 64.3 Å².